The van der Waals surface area contributed by atoms with Gasteiger partial charge in [0, 0.05) is 18.7 Å². The Morgan fingerprint density at radius 2 is 1.88 bits per heavy atom. The number of halogens is 1. The molecule has 1 heterocycles. The quantitative estimate of drug-likeness (QED) is 0.837. The summed E-state index contributed by atoms with van der Waals surface area (Å²) in [4.78, 5) is 14.7. The summed E-state index contributed by atoms with van der Waals surface area (Å²) in [6.07, 6.45) is 2.27. The molecule has 26 heavy (non-hydrogen) atoms. The van der Waals surface area contributed by atoms with Crippen LogP contribution in [0.25, 0.3) is 0 Å². The third-order valence-electron chi connectivity index (χ3n) is 4.65. The highest BCUT2D eigenvalue weighted by molar-refractivity contribution is 5.94. The SMILES string of the molecule is CNCC1CCCN(C(=O)c2ccc(OCc3ccccc3)cc2)C1.Cl. The molecule has 1 saturated heterocycles. The Labute approximate surface area is 162 Å². The Kier molecular flexibility index (Phi) is 7.95. The van der Waals surface area contributed by atoms with Crippen molar-refractivity contribution < 1.29 is 9.53 Å². The topological polar surface area (TPSA) is 41.6 Å². The molecule has 0 aliphatic carbocycles. The molecule has 5 heteroatoms. The molecule has 4 nitrogen and oxygen atoms in total. The Balaban J connectivity index is 0.00000243. The van der Waals surface area contributed by atoms with Gasteiger partial charge in [-0.25, -0.2) is 0 Å². The van der Waals surface area contributed by atoms with Crippen LogP contribution in [0.2, 0.25) is 0 Å². The molecule has 1 fully saturated rings. The van der Waals surface area contributed by atoms with Crippen molar-refractivity contribution in [1.82, 2.24) is 10.2 Å². The van der Waals surface area contributed by atoms with Crippen molar-refractivity contribution in [2.24, 2.45) is 5.92 Å². The molecule has 2 aromatic carbocycles. The number of nitrogens with one attached hydrogen (secondary N) is 1. The number of piperidine rings is 1. The van der Waals surface area contributed by atoms with Crippen molar-refractivity contribution in [3.8, 4) is 5.75 Å². The van der Waals surface area contributed by atoms with Crippen molar-refractivity contribution in [2.45, 2.75) is 19.4 Å². The third kappa shape index (κ3) is 5.48. The molecule has 0 radical (unpaired) electrons. The second-order valence-electron chi connectivity index (χ2n) is 6.62. The number of rotatable bonds is 6. The normalized spacial score (nSPS) is 16.7. The van der Waals surface area contributed by atoms with E-state index in [1.165, 1.54) is 6.42 Å². The van der Waals surface area contributed by atoms with Crippen LogP contribution in [0.5, 0.6) is 5.75 Å². The van der Waals surface area contributed by atoms with Gasteiger partial charge in [0.15, 0.2) is 0 Å². The van der Waals surface area contributed by atoms with Crippen molar-refractivity contribution in [3.63, 3.8) is 0 Å². The van der Waals surface area contributed by atoms with E-state index in [2.05, 4.69) is 5.32 Å². The van der Waals surface area contributed by atoms with Gasteiger partial charge in [-0.2, -0.15) is 0 Å². The third-order valence-corrected chi connectivity index (χ3v) is 4.65. The molecule has 1 aliphatic heterocycles. The van der Waals surface area contributed by atoms with E-state index in [9.17, 15) is 4.79 Å². The Morgan fingerprint density at radius 1 is 1.15 bits per heavy atom. The number of carbonyl (C=O) groups is 1. The lowest BCUT2D eigenvalue weighted by Gasteiger charge is -2.32. The van der Waals surface area contributed by atoms with Crippen LogP contribution >= 0.6 is 12.4 Å². The first kappa shape index (κ1) is 20.3. The summed E-state index contributed by atoms with van der Waals surface area (Å²) in [5, 5.41) is 3.22. The summed E-state index contributed by atoms with van der Waals surface area (Å²) in [6.45, 7) is 3.19. The summed E-state index contributed by atoms with van der Waals surface area (Å²) in [5.74, 6) is 1.46. The maximum absolute atomic E-state index is 12.7. The number of carbonyl (C=O) groups excluding carboxylic acids is 1. The minimum absolute atomic E-state index is 0. The summed E-state index contributed by atoms with van der Waals surface area (Å²) < 4.78 is 5.79. The van der Waals surface area contributed by atoms with Crippen LogP contribution in [-0.4, -0.2) is 37.5 Å². The van der Waals surface area contributed by atoms with Gasteiger partial charge in [0.2, 0.25) is 0 Å². The molecule has 0 bridgehead atoms. The highest BCUT2D eigenvalue weighted by atomic mass is 35.5. The lowest BCUT2D eigenvalue weighted by molar-refractivity contribution is 0.0674. The van der Waals surface area contributed by atoms with Crippen LogP contribution in [0.3, 0.4) is 0 Å². The maximum Gasteiger partial charge on any atom is 0.253 e. The van der Waals surface area contributed by atoms with Crippen LogP contribution < -0.4 is 10.1 Å². The fourth-order valence-corrected chi connectivity index (χ4v) is 3.32. The lowest BCUT2D eigenvalue weighted by atomic mass is 9.97. The van der Waals surface area contributed by atoms with Crippen LogP contribution in [0, 0.1) is 5.92 Å². The van der Waals surface area contributed by atoms with Gasteiger partial charge < -0.3 is 15.0 Å². The highest BCUT2D eigenvalue weighted by Gasteiger charge is 2.23. The zero-order valence-electron chi connectivity index (χ0n) is 15.2. The van der Waals surface area contributed by atoms with Gasteiger partial charge >= 0.3 is 0 Å². The molecule has 0 spiro atoms. The monoisotopic (exact) mass is 374 g/mol. The van der Waals surface area contributed by atoms with Crippen LogP contribution in [0.15, 0.2) is 54.6 Å². The average Bonchev–Trinajstić information content (AvgIpc) is 2.67. The zero-order valence-corrected chi connectivity index (χ0v) is 16.0. The number of nitrogens with zero attached hydrogens (tertiary/aromatic N) is 1. The van der Waals surface area contributed by atoms with E-state index in [1.54, 1.807) is 0 Å². The summed E-state index contributed by atoms with van der Waals surface area (Å²) >= 11 is 0. The molecule has 1 unspecified atom stereocenters. The summed E-state index contributed by atoms with van der Waals surface area (Å²) in [5.41, 5.74) is 1.86. The van der Waals surface area contributed by atoms with Crippen molar-refractivity contribution in [2.75, 3.05) is 26.7 Å². The van der Waals surface area contributed by atoms with E-state index in [-0.39, 0.29) is 18.3 Å². The van der Waals surface area contributed by atoms with Crippen LogP contribution in [0.4, 0.5) is 0 Å². The van der Waals surface area contributed by atoms with Gasteiger partial charge in [-0.3, -0.25) is 4.79 Å². The van der Waals surface area contributed by atoms with Crippen molar-refractivity contribution in [1.29, 1.82) is 0 Å². The molecular weight excluding hydrogens is 348 g/mol. The van der Waals surface area contributed by atoms with Gasteiger partial charge in [0.05, 0.1) is 0 Å². The Bertz CT molecular complexity index is 674. The maximum atomic E-state index is 12.7. The number of hydrogen-bond donors (Lipinski definition) is 1. The second-order valence-corrected chi connectivity index (χ2v) is 6.62. The largest absolute Gasteiger partial charge is 0.489 e. The molecule has 1 atom stereocenters. The van der Waals surface area contributed by atoms with Gasteiger partial charge in [-0.1, -0.05) is 30.3 Å². The van der Waals surface area contributed by atoms with Crippen molar-refractivity contribution in [3.05, 3.63) is 65.7 Å². The Morgan fingerprint density at radius 3 is 2.58 bits per heavy atom. The fourth-order valence-electron chi connectivity index (χ4n) is 3.32. The molecule has 0 aromatic heterocycles. The number of benzene rings is 2. The lowest BCUT2D eigenvalue weighted by Crippen LogP contribution is -2.42. The molecule has 1 N–H and O–H groups in total. The molecule has 140 valence electrons. The molecular formula is C21H27ClN2O2. The number of hydrogen-bond acceptors (Lipinski definition) is 3. The van der Waals surface area contributed by atoms with E-state index in [4.69, 9.17) is 4.74 Å². The van der Waals surface area contributed by atoms with E-state index in [1.807, 2.05) is 66.5 Å². The van der Waals surface area contributed by atoms with E-state index in [0.717, 1.165) is 42.9 Å². The summed E-state index contributed by atoms with van der Waals surface area (Å²) in [6, 6.07) is 17.6. The van der Waals surface area contributed by atoms with E-state index >= 15 is 0 Å². The molecule has 2 aromatic rings. The van der Waals surface area contributed by atoms with Gasteiger partial charge in [0.1, 0.15) is 12.4 Å². The Hall–Kier alpha value is -2.04. The predicted octanol–water partition coefficient (Wildman–Crippen LogP) is 3.76. The smallest absolute Gasteiger partial charge is 0.253 e. The van der Waals surface area contributed by atoms with Gasteiger partial charge in [0.25, 0.3) is 5.91 Å². The van der Waals surface area contributed by atoms with Crippen LogP contribution in [0.1, 0.15) is 28.8 Å². The molecule has 1 aliphatic rings. The first-order valence-corrected chi connectivity index (χ1v) is 8.97. The standard InChI is InChI=1S/C21H26N2O2.ClH/c1-22-14-18-8-5-13-23(15-18)21(24)19-9-11-20(12-10-19)25-16-17-6-3-2-4-7-17;/h2-4,6-7,9-12,18,22H,5,8,13-16H2,1H3;1H. The van der Waals surface area contributed by atoms with Gasteiger partial charge in [-0.15, -0.1) is 12.4 Å². The second kappa shape index (κ2) is 10.2. The average molecular weight is 375 g/mol. The highest BCUT2D eigenvalue weighted by Crippen LogP contribution is 2.20. The zero-order chi connectivity index (χ0) is 17.5. The van der Waals surface area contributed by atoms with Crippen LogP contribution in [-0.2, 0) is 6.61 Å². The molecule has 0 saturated carbocycles. The minimum atomic E-state index is 0. The predicted molar refractivity (Wildman–Crippen MR) is 107 cm³/mol. The van der Waals surface area contributed by atoms with Crippen molar-refractivity contribution >= 4 is 18.3 Å². The first-order valence-electron chi connectivity index (χ1n) is 8.97. The summed E-state index contributed by atoms with van der Waals surface area (Å²) in [7, 11) is 1.97. The number of amides is 1. The van der Waals surface area contributed by atoms with E-state index < -0.39 is 0 Å². The number of likely N-dealkylation sites (tertiary alicyclic amines) is 1. The molecule has 1 amide bonds. The van der Waals surface area contributed by atoms with E-state index in [0.29, 0.717) is 12.5 Å². The number of ether oxygens (including phenoxy) is 1. The molecule has 3 rings (SSSR count). The van der Waals surface area contributed by atoms with Gasteiger partial charge in [-0.05, 0) is 62.2 Å². The fraction of sp³-hybridized carbons (Fsp3) is 0.381. The minimum Gasteiger partial charge on any atom is -0.489 e. The first-order chi connectivity index (χ1) is 12.3.